The average Bonchev–Trinajstić information content (AvgIpc) is 3.22. The molecule has 24 heavy (non-hydrogen) atoms. The molecule has 2 aliphatic heterocycles. The number of nitrogens with zero attached hydrogens (tertiary/aromatic N) is 5. The number of aryl methyl sites for hydroxylation is 1. The zero-order valence-electron chi connectivity index (χ0n) is 13.4. The number of likely N-dealkylation sites (tertiary alicyclic amines) is 1. The summed E-state index contributed by atoms with van der Waals surface area (Å²) in [6.45, 7) is 2.43. The predicted octanol–water partition coefficient (Wildman–Crippen LogP) is 2.22. The van der Waals surface area contributed by atoms with Gasteiger partial charge in [-0.25, -0.2) is 4.98 Å². The van der Waals surface area contributed by atoms with Crippen LogP contribution in [0.15, 0.2) is 16.6 Å². The maximum Gasteiger partial charge on any atom is 0.437 e. The molecule has 10 heteroatoms. The van der Waals surface area contributed by atoms with E-state index in [0.717, 1.165) is 0 Å². The van der Waals surface area contributed by atoms with Gasteiger partial charge in [-0.05, 0) is 25.7 Å². The van der Waals surface area contributed by atoms with Gasteiger partial charge in [0.15, 0.2) is 5.69 Å². The third-order valence-corrected chi connectivity index (χ3v) is 4.49. The van der Waals surface area contributed by atoms with E-state index >= 15 is 0 Å². The molecule has 3 rings (SSSR count). The van der Waals surface area contributed by atoms with E-state index < -0.39 is 11.8 Å². The van der Waals surface area contributed by atoms with Crippen molar-refractivity contribution in [3.05, 3.63) is 17.7 Å². The molecule has 0 aliphatic carbocycles. The van der Waals surface area contributed by atoms with E-state index in [0.29, 0.717) is 30.8 Å². The Labute approximate surface area is 136 Å². The molecule has 1 aromatic rings. The smallest absolute Gasteiger partial charge is 0.415 e. The van der Waals surface area contributed by atoms with E-state index in [1.807, 2.05) is 0 Å². The van der Waals surface area contributed by atoms with Gasteiger partial charge in [0.05, 0.1) is 5.69 Å². The minimum absolute atomic E-state index is 0.206. The van der Waals surface area contributed by atoms with Crippen LogP contribution >= 0.6 is 0 Å². The van der Waals surface area contributed by atoms with E-state index in [1.165, 1.54) is 18.2 Å². The number of carbonyl (C=O) groups is 1. The zero-order chi connectivity index (χ0) is 17.5. The van der Waals surface area contributed by atoms with Crippen LogP contribution in [0.25, 0.3) is 0 Å². The second-order valence-corrected chi connectivity index (χ2v) is 6.16. The number of carbonyl (C=O) groups excluding carboxylic acids is 1. The highest BCUT2D eigenvalue weighted by Gasteiger charge is 2.64. The van der Waals surface area contributed by atoms with Gasteiger partial charge in [0.25, 0.3) is 11.6 Å². The monoisotopic (exact) mass is 345 g/mol. The molecule has 1 fully saturated rings. The lowest BCUT2D eigenvalue weighted by Crippen LogP contribution is -2.44. The molecular weight excluding hydrogens is 327 g/mol. The zero-order valence-corrected chi connectivity index (χ0v) is 13.4. The van der Waals surface area contributed by atoms with Crippen molar-refractivity contribution in [2.75, 3.05) is 20.2 Å². The lowest BCUT2D eigenvalue weighted by molar-refractivity contribution is -0.168. The van der Waals surface area contributed by atoms with Gasteiger partial charge < -0.3 is 9.74 Å². The Kier molecular flexibility index (Phi) is 4.00. The van der Waals surface area contributed by atoms with Crippen LogP contribution in [0.3, 0.4) is 0 Å². The van der Waals surface area contributed by atoms with Crippen LogP contribution in [0.5, 0.6) is 0 Å². The highest BCUT2D eigenvalue weighted by molar-refractivity contribution is 5.93. The summed E-state index contributed by atoms with van der Waals surface area (Å²) in [4.78, 5) is 23.4. The van der Waals surface area contributed by atoms with E-state index in [4.69, 9.17) is 4.84 Å². The first kappa shape index (κ1) is 16.7. The SMILES string of the molecule is COn1cnc(C)c1C(=O)N1CCCC(CC2(C(F)(F)F)N=N2)C1. The molecule has 1 aromatic heterocycles. The molecule has 0 saturated carbocycles. The number of alkyl halides is 3. The first-order chi connectivity index (χ1) is 11.3. The fourth-order valence-corrected chi connectivity index (χ4v) is 3.14. The van der Waals surface area contributed by atoms with Crippen molar-refractivity contribution in [2.45, 2.75) is 38.0 Å². The van der Waals surface area contributed by atoms with Gasteiger partial charge in [0.2, 0.25) is 0 Å². The highest BCUT2D eigenvalue weighted by atomic mass is 19.4. The summed E-state index contributed by atoms with van der Waals surface area (Å²) in [6, 6.07) is 0. The first-order valence-electron chi connectivity index (χ1n) is 7.66. The van der Waals surface area contributed by atoms with Gasteiger partial charge in [-0.1, -0.05) is 0 Å². The van der Waals surface area contributed by atoms with Crippen molar-refractivity contribution in [3.8, 4) is 0 Å². The molecule has 0 N–H and O–H groups in total. The van der Waals surface area contributed by atoms with Crippen molar-refractivity contribution in [3.63, 3.8) is 0 Å². The molecule has 1 unspecified atom stereocenters. The van der Waals surface area contributed by atoms with Crippen LogP contribution in [0.4, 0.5) is 13.2 Å². The Hall–Kier alpha value is -2.13. The lowest BCUT2D eigenvalue weighted by Gasteiger charge is -2.34. The number of hydrogen-bond acceptors (Lipinski definition) is 5. The number of aromatic nitrogens is 2. The van der Waals surface area contributed by atoms with Crippen LogP contribution in [-0.2, 0) is 0 Å². The van der Waals surface area contributed by atoms with Crippen molar-refractivity contribution < 1.29 is 22.8 Å². The molecule has 1 amide bonds. The van der Waals surface area contributed by atoms with Crippen LogP contribution in [0, 0.1) is 12.8 Å². The predicted molar refractivity (Wildman–Crippen MR) is 76.4 cm³/mol. The summed E-state index contributed by atoms with van der Waals surface area (Å²) in [5, 5.41) is 6.45. The summed E-state index contributed by atoms with van der Waals surface area (Å²) in [6.07, 6.45) is -2.02. The normalized spacial score (nSPS) is 22.5. The second-order valence-electron chi connectivity index (χ2n) is 6.16. The topological polar surface area (TPSA) is 72.1 Å². The number of amides is 1. The number of hydrogen-bond donors (Lipinski definition) is 0. The van der Waals surface area contributed by atoms with Crippen molar-refractivity contribution in [1.82, 2.24) is 14.6 Å². The maximum atomic E-state index is 13.0. The largest absolute Gasteiger partial charge is 0.437 e. The van der Waals surface area contributed by atoms with Crippen molar-refractivity contribution >= 4 is 5.91 Å². The molecule has 0 spiro atoms. The first-order valence-corrected chi connectivity index (χ1v) is 7.66. The summed E-state index contributed by atoms with van der Waals surface area (Å²) < 4.78 is 40.2. The number of rotatable bonds is 4. The maximum absolute atomic E-state index is 13.0. The molecule has 1 atom stereocenters. The quantitative estimate of drug-likeness (QED) is 0.840. The van der Waals surface area contributed by atoms with E-state index in [2.05, 4.69) is 15.2 Å². The molecular formula is C14H18F3N5O2. The number of halogens is 3. The minimum Gasteiger partial charge on any atom is -0.415 e. The number of piperidine rings is 1. The Balaban J connectivity index is 1.70. The van der Waals surface area contributed by atoms with E-state index in [9.17, 15) is 18.0 Å². The van der Waals surface area contributed by atoms with Gasteiger partial charge in [0, 0.05) is 19.5 Å². The molecule has 2 aliphatic rings. The number of imidazole rings is 1. The van der Waals surface area contributed by atoms with Crippen molar-refractivity contribution in [2.24, 2.45) is 16.1 Å². The molecule has 0 aromatic carbocycles. The third-order valence-electron chi connectivity index (χ3n) is 4.49. The van der Waals surface area contributed by atoms with E-state index in [-0.39, 0.29) is 24.8 Å². The van der Waals surface area contributed by atoms with Gasteiger partial charge in [-0.15, -0.1) is 10.2 Å². The molecule has 7 nitrogen and oxygen atoms in total. The van der Waals surface area contributed by atoms with Gasteiger partial charge >= 0.3 is 6.18 Å². The highest BCUT2D eigenvalue weighted by Crippen LogP contribution is 2.49. The Morgan fingerprint density at radius 2 is 2.17 bits per heavy atom. The van der Waals surface area contributed by atoms with Crippen LogP contribution in [0.1, 0.15) is 35.4 Å². The summed E-state index contributed by atoms with van der Waals surface area (Å²) in [5.41, 5.74) is -1.44. The summed E-state index contributed by atoms with van der Waals surface area (Å²) in [5.74, 6) is -0.583. The lowest BCUT2D eigenvalue weighted by atomic mass is 9.89. The Bertz CT molecular complexity index is 664. The minimum atomic E-state index is -4.47. The average molecular weight is 345 g/mol. The van der Waals surface area contributed by atoms with Crippen LogP contribution in [-0.4, -0.2) is 52.6 Å². The van der Waals surface area contributed by atoms with Crippen LogP contribution < -0.4 is 4.84 Å². The van der Waals surface area contributed by atoms with E-state index in [1.54, 1.807) is 11.8 Å². The summed E-state index contributed by atoms with van der Waals surface area (Å²) >= 11 is 0. The van der Waals surface area contributed by atoms with Gasteiger partial charge in [-0.3, -0.25) is 4.79 Å². The molecule has 0 radical (unpaired) electrons. The molecule has 132 valence electrons. The fourth-order valence-electron chi connectivity index (χ4n) is 3.14. The summed E-state index contributed by atoms with van der Waals surface area (Å²) in [7, 11) is 1.42. The van der Waals surface area contributed by atoms with Gasteiger partial charge in [-0.2, -0.15) is 17.9 Å². The second kappa shape index (κ2) is 5.75. The molecule has 1 saturated heterocycles. The molecule has 3 heterocycles. The Morgan fingerprint density at radius 1 is 1.46 bits per heavy atom. The standard InChI is InChI=1S/C14H18F3N5O2/c1-9-11(22(24-2)8-18-9)12(23)21-5-3-4-10(7-21)6-13(19-20-13)14(15,16)17/h8,10H,3-7H2,1-2H3. The van der Waals surface area contributed by atoms with Crippen molar-refractivity contribution in [1.29, 1.82) is 0 Å². The van der Waals surface area contributed by atoms with Crippen LogP contribution in [0.2, 0.25) is 0 Å². The fraction of sp³-hybridized carbons (Fsp3) is 0.714. The Morgan fingerprint density at radius 3 is 2.75 bits per heavy atom. The van der Waals surface area contributed by atoms with Gasteiger partial charge in [0.1, 0.15) is 13.4 Å². The third kappa shape index (κ3) is 2.84. The molecule has 0 bridgehead atoms.